The Morgan fingerprint density at radius 3 is 2.90 bits per heavy atom. The van der Waals surface area contributed by atoms with Gasteiger partial charge in [0.1, 0.15) is 0 Å². The first-order valence-electron chi connectivity index (χ1n) is 6.16. The number of fused-ring (bicyclic) bond motifs is 1. The summed E-state index contributed by atoms with van der Waals surface area (Å²) in [6, 6.07) is 12.9. The summed E-state index contributed by atoms with van der Waals surface area (Å²) in [7, 11) is 0. The summed E-state index contributed by atoms with van der Waals surface area (Å²) < 4.78 is 0. The van der Waals surface area contributed by atoms with Gasteiger partial charge in [-0.3, -0.25) is 9.89 Å². The fourth-order valence-corrected chi connectivity index (χ4v) is 2.22. The van der Waals surface area contributed by atoms with Crippen LogP contribution in [0.3, 0.4) is 0 Å². The number of nitrogens with zero attached hydrogens (tertiary/aromatic N) is 1. The third kappa shape index (κ3) is 2.26. The van der Waals surface area contributed by atoms with Gasteiger partial charge in [0.25, 0.3) is 5.91 Å². The van der Waals surface area contributed by atoms with Crippen molar-refractivity contribution in [3.05, 3.63) is 58.7 Å². The van der Waals surface area contributed by atoms with Crippen molar-refractivity contribution in [2.24, 2.45) is 0 Å². The second kappa shape index (κ2) is 4.98. The van der Waals surface area contributed by atoms with Gasteiger partial charge < -0.3 is 5.32 Å². The molecule has 0 atom stereocenters. The molecule has 100 valence electrons. The molecule has 3 rings (SSSR count). The number of rotatable bonds is 2. The van der Waals surface area contributed by atoms with Crippen LogP contribution in [-0.4, -0.2) is 16.1 Å². The molecule has 0 aliphatic rings. The summed E-state index contributed by atoms with van der Waals surface area (Å²) in [4.78, 5) is 12.3. The molecule has 0 radical (unpaired) electrons. The molecular weight excluding hydrogens is 274 g/mol. The number of carbonyl (C=O) groups is 1. The van der Waals surface area contributed by atoms with Gasteiger partial charge in [-0.25, -0.2) is 0 Å². The molecule has 0 spiro atoms. The SMILES string of the molecule is Cc1ccc(Cl)cc1NC(=O)c1n[nH]c2ccccc12. The first kappa shape index (κ1) is 12.7. The van der Waals surface area contributed by atoms with E-state index in [0.29, 0.717) is 16.4 Å². The van der Waals surface area contributed by atoms with Gasteiger partial charge in [0.2, 0.25) is 0 Å². The molecule has 0 unspecified atom stereocenters. The van der Waals surface area contributed by atoms with Crippen molar-refractivity contribution in [3.63, 3.8) is 0 Å². The number of carbonyl (C=O) groups excluding carboxylic acids is 1. The fraction of sp³-hybridized carbons (Fsp3) is 0.0667. The molecule has 1 heterocycles. The number of benzene rings is 2. The molecule has 1 amide bonds. The van der Waals surface area contributed by atoms with Crippen LogP contribution in [0.1, 0.15) is 16.1 Å². The molecule has 2 aromatic carbocycles. The molecule has 4 nitrogen and oxygen atoms in total. The number of para-hydroxylation sites is 1. The molecule has 0 saturated carbocycles. The van der Waals surface area contributed by atoms with Gasteiger partial charge in [-0.05, 0) is 30.7 Å². The normalized spacial score (nSPS) is 10.7. The first-order valence-corrected chi connectivity index (χ1v) is 6.53. The number of hydrogen-bond acceptors (Lipinski definition) is 2. The van der Waals surface area contributed by atoms with Crippen molar-refractivity contribution >= 4 is 34.1 Å². The van der Waals surface area contributed by atoms with Crippen LogP contribution in [0.5, 0.6) is 0 Å². The zero-order valence-electron chi connectivity index (χ0n) is 10.8. The van der Waals surface area contributed by atoms with E-state index >= 15 is 0 Å². The van der Waals surface area contributed by atoms with Crippen LogP contribution in [0.4, 0.5) is 5.69 Å². The number of H-pyrrole nitrogens is 1. The van der Waals surface area contributed by atoms with Gasteiger partial charge in [-0.2, -0.15) is 5.10 Å². The zero-order valence-corrected chi connectivity index (χ0v) is 11.5. The molecule has 2 N–H and O–H groups in total. The number of aromatic nitrogens is 2. The van der Waals surface area contributed by atoms with Crippen molar-refractivity contribution in [1.82, 2.24) is 10.2 Å². The van der Waals surface area contributed by atoms with E-state index in [1.165, 1.54) is 0 Å². The minimum absolute atomic E-state index is 0.257. The predicted molar refractivity (Wildman–Crippen MR) is 80.2 cm³/mol. The first-order chi connectivity index (χ1) is 9.65. The molecule has 3 aromatic rings. The summed E-state index contributed by atoms with van der Waals surface area (Å²) in [5, 5.41) is 11.1. The smallest absolute Gasteiger partial charge is 0.276 e. The highest BCUT2D eigenvalue weighted by Crippen LogP contribution is 2.22. The van der Waals surface area contributed by atoms with Gasteiger partial charge in [-0.1, -0.05) is 35.9 Å². The second-order valence-corrected chi connectivity index (χ2v) is 4.97. The van der Waals surface area contributed by atoms with Gasteiger partial charge in [0.05, 0.1) is 5.52 Å². The monoisotopic (exact) mass is 285 g/mol. The highest BCUT2D eigenvalue weighted by molar-refractivity contribution is 6.31. The van der Waals surface area contributed by atoms with Crippen LogP contribution in [0, 0.1) is 6.92 Å². The van der Waals surface area contributed by atoms with Crippen LogP contribution >= 0.6 is 11.6 Å². The second-order valence-electron chi connectivity index (χ2n) is 4.53. The third-order valence-electron chi connectivity index (χ3n) is 3.13. The molecule has 0 fully saturated rings. The maximum Gasteiger partial charge on any atom is 0.276 e. The summed E-state index contributed by atoms with van der Waals surface area (Å²) in [5.41, 5.74) is 2.85. The predicted octanol–water partition coefficient (Wildman–Crippen LogP) is 3.78. The van der Waals surface area contributed by atoms with Crippen LogP contribution < -0.4 is 5.32 Å². The van der Waals surface area contributed by atoms with Crippen LogP contribution in [0.25, 0.3) is 10.9 Å². The lowest BCUT2D eigenvalue weighted by Gasteiger charge is -2.07. The number of aryl methyl sites for hydroxylation is 1. The number of aromatic amines is 1. The number of halogens is 1. The maximum absolute atomic E-state index is 12.3. The van der Waals surface area contributed by atoms with E-state index < -0.39 is 0 Å². The van der Waals surface area contributed by atoms with Crippen LogP contribution in [0.15, 0.2) is 42.5 Å². The standard InChI is InChI=1S/C15H12ClN3O/c1-9-6-7-10(16)8-13(9)17-15(20)14-11-4-2-3-5-12(11)18-19-14/h2-8H,1H3,(H,17,20)(H,18,19). The lowest BCUT2D eigenvalue weighted by molar-refractivity contribution is 0.102. The average molecular weight is 286 g/mol. The van der Waals surface area contributed by atoms with Crippen molar-refractivity contribution in [2.45, 2.75) is 6.92 Å². The van der Waals surface area contributed by atoms with Gasteiger partial charge >= 0.3 is 0 Å². The maximum atomic E-state index is 12.3. The van der Waals surface area contributed by atoms with E-state index in [0.717, 1.165) is 16.5 Å². The summed E-state index contributed by atoms with van der Waals surface area (Å²) in [6.45, 7) is 1.91. The van der Waals surface area contributed by atoms with E-state index in [-0.39, 0.29) is 5.91 Å². The lowest BCUT2D eigenvalue weighted by Crippen LogP contribution is -2.13. The molecule has 5 heteroatoms. The van der Waals surface area contributed by atoms with E-state index in [4.69, 9.17) is 11.6 Å². The Labute approximate surface area is 120 Å². The lowest BCUT2D eigenvalue weighted by atomic mass is 10.1. The molecule has 0 saturated heterocycles. The molecule has 20 heavy (non-hydrogen) atoms. The topological polar surface area (TPSA) is 57.8 Å². The average Bonchev–Trinajstić information content (AvgIpc) is 2.87. The van der Waals surface area contributed by atoms with Crippen molar-refractivity contribution < 1.29 is 4.79 Å². The van der Waals surface area contributed by atoms with Crippen molar-refractivity contribution in [3.8, 4) is 0 Å². The molecule has 0 aliphatic heterocycles. The summed E-state index contributed by atoms with van der Waals surface area (Å²) in [5.74, 6) is -0.257. The van der Waals surface area contributed by atoms with Crippen molar-refractivity contribution in [1.29, 1.82) is 0 Å². The van der Waals surface area contributed by atoms with E-state index in [1.807, 2.05) is 37.3 Å². The summed E-state index contributed by atoms with van der Waals surface area (Å²) in [6.07, 6.45) is 0. The third-order valence-corrected chi connectivity index (χ3v) is 3.37. The van der Waals surface area contributed by atoms with E-state index in [1.54, 1.807) is 12.1 Å². The zero-order chi connectivity index (χ0) is 14.1. The molecular formula is C15H12ClN3O. The quantitative estimate of drug-likeness (QED) is 0.753. The largest absolute Gasteiger partial charge is 0.320 e. The highest BCUT2D eigenvalue weighted by atomic mass is 35.5. The number of hydrogen-bond donors (Lipinski definition) is 2. The van der Waals surface area contributed by atoms with Gasteiger partial charge in [0, 0.05) is 16.1 Å². The Bertz CT molecular complexity index is 795. The summed E-state index contributed by atoms with van der Waals surface area (Å²) >= 11 is 5.95. The number of amides is 1. The minimum Gasteiger partial charge on any atom is -0.320 e. The Morgan fingerprint density at radius 2 is 2.05 bits per heavy atom. The van der Waals surface area contributed by atoms with Gasteiger partial charge in [0.15, 0.2) is 5.69 Å². The molecule has 1 aromatic heterocycles. The van der Waals surface area contributed by atoms with Crippen molar-refractivity contribution in [2.75, 3.05) is 5.32 Å². The Kier molecular flexibility index (Phi) is 3.16. The van der Waals surface area contributed by atoms with Crippen LogP contribution in [0.2, 0.25) is 5.02 Å². The van der Waals surface area contributed by atoms with E-state index in [9.17, 15) is 4.79 Å². The molecule has 0 aliphatic carbocycles. The number of anilines is 1. The Hall–Kier alpha value is -2.33. The number of nitrogens with one attached hydrogen (secondary N) is 2. The Morgan fingerprint density at radius 1 is 1.25 bits per heavy atom. The highest BCUT2D eigenvalue weighted by Gasteiger charge is 2.14. The van der Waals surface area contributed by atoms with Gasteiger partial charge in [-0.15, -0.1) is 0 Å². The fourth-order valence-electron chi connectivity index (χ4n) is 2.05. The molecule has 0 bridgehead atoms. The Balaban J connectivity index is 1.95. The minimum atomic E-state index is -0.257. The van der Waals surface area contributed by atoms with E-state index in [2.05, 4.69) is 15.5 Å². The van der Waals surface area contributed by atoms with Crippen LogP contribution in [-0.2, 0) is 0 Å².